The zero-order valence-corrected chi connectivity index (χ0v) is 16.3. The third-order valence-electron chi connectivity index (χ3n) is 2.62. The van der Waals surface area contributed by atoms with Gasteiger partial charge >= 0.3 is 17.9 Å². The lowest BCUT2D eigenvalue weighted by Gasteiger charge is -2.23. The van der Waals surface area contributed by atoms with Gasteiger partial charge in [-0.15, -0.1) is 12.4 Å². The number of carboxylic acids is 2. The molecule has 0 aromatic rings. The molecule has 0 spiro atoms. The van der Waals surface area contributed by atoms with Crippen LogP contribution in [0.25, 0.3) is 0 Å². The average molecular weight is 379 g/mol. The minimum absolute atomic E-state index is 0. The van der Waals surface area contributed by atoms with Crippen molar-refractivity contribution >= 4 is 30.3 Å². The van der Waals surface area contributed by atoms with Crippen LogP contribution in [-0.4, -0.2) is 66.9 Å². The van der Waals surface area contributed by atoms with E-state index in [0.29, 0.717) is 12.2 Å². The van der Waals surface area contributed by atoms with Crippen LogP contribution in [0.15, 0.2) is 36.0 Å². The lowest BCUT2D eigenvalue weighted by Crippen LogP contribution is -2.38. The Morgan fingerprint density at radius 2 is 1.56 bits per heavy atom. The predicted octanol–water partition coefficient (Wildman–Crippen LogP) is 2.28. The van der Waals surface area contributed by atoms with Gasteiger partial charge in [0.2, 0.25) is 0 Å². The predicted molar refractivity (Wildman–Crippen MR) is 98.7 cm³/mol. The largest absolute Gasteiger partial charge is 0.478 e. The molecular weight excluding hydrogens is 350 g/mol. The van der Waals surface area contributed by atoms with Crippen molar-refractivity contribution in [3.05, 3.63) is 36.0 Å². The SMILES string of the molecule is C=C(C)C(=O)OCC[N+](C)(C)C.C=C(C=C(CC)C(=O)O)C(=O)O.Cl. The summed E-state index contributed by atoms with van der Waals surface area (Å²) in [6.45, 7) is 11.2. The van der Waals surface area contributed by atoms with Gasteiger partial charge in [0.1, 0.15) is 13.2 Å². The molecule has 0 aromatic carbocycles. The molecular formula is C17H29ClNO6+. The molecule has 0 rings (SSSR count). The van der Waals surface area contributed by atoms with Gasteiger partial charge < -0.3 is 19.4 Å². The summed E-state index contributed by atoms with van der Waals surface area (Å²) < 4.78 is 5.72. The van der Waals surface area contributed by atoms with Crippen molar-refractivity contribution < 1.29 is 33.8 Å². The van der Waals surface area contributed by atoms with Crippen molar-refractivity contribution in [2.45, 2.75) is 20.3 Å². The topological polar surface area (TPSA) is 101 Å². The van der Waals surface area contributed by atoms with E-state index in [-0.39, 0.29) is 35.9 Å². The second-order valence-electron chi connectivity index (χ2n) is 6.09. The molecule has 0 saturated carbocycles. The molecule has 0 heterocycles. The lowest BCUT2D eigenvalue weighted by atomic mass is 10.1. The summed E-state index contributed by atoms with van der Waals surface area (Å²) in [4.78, 5) is 31.5. The molecule has 0 radical (unpaired) electrons. The van der Waals surface area contributed by atoms with Gasteiger partial charge in [0.15, 0.2) is 0 Å². The van der Waals surface area contributed by atoms with Crippen molar-refractivity contribution in [3.63, 3.8) is 0 Å². The van der Waals surface area contributed by atoms with E-state index >= 15 is 0 Å². The van der Waals surface area contributed by atoms with E-state index in [9.17, 15) is 14.4 Å². The van der Waals surface area contributed by atoms with Crippen molar-refractivity contribution in [3.8, 4) is 0 Å². The Bertz CT molecular complexity index is 532. The van der Waals surface area contributed by atoms with Gasteiger partial charge in [0.05, 0.1) is 26.7 Å². The molecule has 0 bridgehead atoms. The van der Waals surface area contributed by atoms with Crippen LogP contribution in [-0.2, 0) is 19.1 Å². The monoisotopic (exact) mass is 378 g/mol. The Hall–Kier alpha value is -2.12. The zero-order chi connectivity index (χ0) is 19.5. The maximum absolute atomic E-state index is 10.9. The number of hydrogen-bond donors (Lipinski definition) is 2. The molecule has 0 amide bonds. The number of carbonyl (C=O) groups excluding carboxylic acids is 1. The molecule has 0 aromatic heterocycles. The van der Waals surface area contributed by atoms with Crippen molar-refractivity contribution in [1.82, 2.24) is 0 Å². The molecule has 0 fully saturated rings. The minimum Gasteiger partial charge on any atom is -0.478 e. The van der Waals surface area contributed by atoms with Gasteiger partial charge in [-0.3, -0.25) is 0 Å². The fourth-order valence-electron chi connectivity index (χ4n) is 1.12. The maximum atomic E-state index is 10.9. The van der Waals surface area contributed by atoms with Crippen LogP contribution in [0.4, 0.5) is 0 Å². The van der Waals surface area contributed by atoms with E-state index in [4.69, 9.17) is 14.9 Å². The highest BCUT2D eigenvalue weighted by atomic mass is 35.5. The van der Waals surface area contributed by atoms with Gasteiger partial charge in [-0.1, -0.05) is 20.1 Å². The quantitative estimate of drug-likeness (QED) is 0.291. The summed E-state index contributed by atoms with van der Waals surface area (Å²) >= 11 is 0. The van der Waals surface area contributed by atoms with Crippen LogP contribution in [0.5, 0.6) is 0 Å². The standard InChI is InChI=1S/C9H18NO2.C8H10O4.ClH/c1-8(2)9(11)12-7-6-10(3,4)5;1-3-6(8(11)12)4-5(2)7(9)10;/h1,6-7H2,2-5H3;4H,2-3H2,1H3,(H,9,10)(H,11,12);1H/q+1;;. The number of hydrogen-bond acceptors (Lipinski definition) is 4. The maximum Gasteiger partial charge on any atom is 0.335 e. The summed E-state index contributed by atoms with van der Waals surface area (Å²) in [6, 6.07) is 0. The molecule has 2 N–H and O–H groups in total. The smallest absolute Gasteiger partial charge is 0.335 e. The fraction of sp³-hybridized carbons (Fsp3) is 0.471. The van der Waals surface area contributed by atoms with Crippen LogP contribution >= 0.6 is 12.4 Å². The number of rotatable bonds is 8. The first-order chi connectivity index (χ1) is 10.8. The van der Waals surface area contributed by atoms with Crippen LogP contribution in [0.3, 0.4) is 0 Å². The number of quaternary nitrogens is 1. The Labute approximate surface area is 155 Å². The highest BCUT2D eigenvalue weighted by molar-refractivity contribution is 5.94. The van der Waals surface area contributed by atoms with Crippen molar-refractivity contribution in [2.75, 3.05) is 34.3 Å². The second kappa shape index (κ2) is 13.2. The van der Waals surface area contributed by atoms with Gasteiger partial charge in [-0.05, 0) is 19.4 Å². The number of halogens is 1. The number of aliphatic carboxylic acids is 2. The third-order valence-corrected chi connectivity index (χ3v) is 2.62. The molecule has 0 unspecified atom stereocenters. The Morgan fingerprint density at radius 3 is 1.84 bits per heavy atom. The van der Waals surface area contributed by atoms with Crippen LogP contribution < -0.4 is 0 Å². The van der Waals surface area contributed by atoms with Crippen molar-refractivity contribution in [2.24, 2.45) is 0 Å². The summed E-state index contributed by atoms with van der Waals surface area (Å²) in [7, 11) is 6.15. The first-order valence-corrected chi connectivity index (χ1v) is 7.31. The molecule has 0 atom stereocenters. The average Bonchev–Trinajstić information content (AvgIpc) is 2.42. The molecule has 0 aliphatic rings. The molecule has 0 aliphatic heterocycles. The molecule has 8 heteroatoms. The summed E-state index contributed by atoms with van der Waals surface area (Å²) in [6.07, 6.45) is 1.34. The van der Waals surface area contributed by atoms with Crippen molar-refractivity contribution in [1.29, 1.82) is 0 Å². The van der Waals surface area contributed by atoms with E-state index in [1.54, 1.807) is 13.8 Å². The molecule has 0 saturated heterocycles. The van der Waals surface area contributed by atoms with Gasteiger partial charge in [-0.25, -0.2) is 14.4 Å². The van der Waals surface area contributed by atoms with E-state index < -0.39 is 11.9 Å². The van der Waals surface area contributed by atoms with Crippen LogP contribution in [0.1, 0.15) is 20.3 Å². The van der Waals surface area contributed by atoms with E-state index in [1.165, 1.54) is 0 Å². The summed E-state index contributed by atoms with van der Waals surface area (Å²) in [5.41, 5.74) is 0.285. The Balaban J connectivity index is -0.000000372. The number of esters is 1. The van der Waals surface area contributed by atoms with Crippen LogP contribution in [0, 0.1) is 0 Å². The molecule has 0 aliphatic carbocycles. The Kier molecular flexibility index (Phi) is 14.6. The lowest BCUT2D eigenvalue weighted by molar-refractivity contribution is -0.870. The minimum atomic E-state index is -1.21. The van der Waals surface area contributed by atoms with Gasteiger partial charge in [0.25, 0.3) is 0 Å². The summed E-state index contributed by atoms with van der Waals surface area (Å²) in [5, 5.41) is 16.9. The highest BCUT2D eigenvalue weighted by Crippen LogP contribution is 2.05. The number of ether oxygens (including phenoxy) is 1. The van der Waals surface area contributed by atoms with Gasteiger partial charge in [0, 0.05) is 11.1 Å². The van der Waals surface area contributed by atoms with Crippen LogP contribution in [0.2, 0.25) is 0 Å². The summed E-state index contributed by atoms with van der Waals surface area (Å²) in [5.74, 6) is -2.62. The number of nitrogens with zero attached hydrogens (tertiary/aromatic N) is 1. The number of carboxylic acid groups (broad SMARTS) is 2. The number of carbonyl (C=O) groups is 3. The molecule has 25 heavy (non-hydrogen) atoms. The number of likely N-dealkylation sites (N-methyl/N-ethyl adjacent to an activating group) is 1. The van der Waals surface area contributed by atoms with Gasteiger partial charge in [-0.2, -0.15) is 0 Å². The molecule has 7 nitrogen and oxygen atoms in total. The van der Waals surface area contributed by atoms with E-state index in [0.717, 1.165) is 17.1 Å². The zero-order valence-electron chi connectivity index (χ0n) is 15.5. The highest BCUT2D eigenvalue weighted by Gasteiger charge is 2.09. The second-order valence-corrected chi connectivity index (χ2v) is 6.09. The Morgan fingerprint density at radius 1 is 1.08 bits per heavy atom. The van der Waals surface area contributed by atoms with E-state index in [2.05, 4.69) is 34.3 Å². The molecule has 144 valence electrons. The van der Waals surface area contributed by atoms with E-state index in [1.807, 2.05) is 0 Å². The first-order valence-electron chi connectivity index (χ1n) is 7.31. The normalized spacial score (nSPS) is 10.5. The third kappa shape index (κ3) is 16.5. The first kappa shape index (κ1) is 27.7. The fourth-order valence-corrected chi connectivity index (χ4v) is 1.12.